The highest BCUT2D eigenvalue weighted by atomic mass is 32.2. The Labute approximate surface area is 199 Å². The minimum Gasteiger partial charge on any atom is -0.488 e. The lowest BCUT2D eigenvalue weighted by Crippen LogP contribution is -2.37. The Balaban J connectivity index is 2.20. The van der Waals surface area contributed by atoms with Gasteiger partial charge in [0.05, 0.1) is 21.2 Å². The quantitative estimate of drug-likeness (QED) is 0.496. The normalized spacial score (nSPS) is 18.6. The predicted molar refractivity (Wildman–Crippen MR) is 129 cm³/mol. The first-order chi connectivity index (χ1) is 15.5. The number of carbonyl (C=O) groups is 1. The number of aliphatic carboxylic acids is 1. The highest BCUT2D eigenvalue weighted by Gasteiger charge is 2.41. The third kappa shape index (κ3) is 5.14. The number of alkyl halides is 1. The number of hydrogen-bond acceptors (Lipinski definition) is 6. The van der Waals surface area contributed by atoms with E-state index in [1.54, 1.807) is 12.3 Å². The molecule has 33 heavy (non-hydrogen) atoms. The first-order valence-electron chi connectivity index (χ1n) is 10.8. The van der Waals surface area contributed by atoms with Crippen LogP contribution in [0.3, 0.4) is 0 Å². The smallest absolute Gasteiger partial charge is 0.344 e. The minimum absolute atomic E-state index is 0.0165. The van der Waals surface area contributed by atoms with E-state index in [4.69, 9.17) is 9.84 Å². The fourth-order valence-electron chi connectivity index (χ4n) is 4.00. The highest BCUT2D eigenvalue weighted by Crippen LogP contribution is 2.46. The molecule has 1 unspecified atom stereocenters. The highest BCUT2D eigenvalue weighted by molar-refractivity contribution is 7.98. The topological polar surface area (TPSA) is 83.9 Å². The largest absolute Gasteiger partial charge is 0.488 e. The molecule has 0 saturated carbocycles. The zero-order valence-corrected chi connectivity index (χ0v) is 20.9. The number of thioether (sulfide) groups is 1. The van der Waals surface area contributed by atoms with Crippen LogP contribution in [0.4, 0.5) is 15.8 Å². The van der Waals surface area contributed by atoms with Crippen LogP contribution in [0, 0.1) is 5.41 Å². The van der Waals surface area contributed by atoms with Crippen LogP contribution in [0.5, 0.6) is 5.75 Å². The van der Waals surface area contributed by atoms with Gasteiger partial charge in [-0.1, -0.05) is 32.0 Å². The number of carboxylic acid groups (broad SMARTS) is 1. The molecule has 1 atom stereocenters. The van der Waals surface area contributed by atoms with Crippen molar-refractivity contribution >= 4 is 38.9 Å². The number of halogens is 1. The number of nitrogens with zero attached hydrogens (tertiary/aromatic N) is 1. The number of ether oxygens (including phenoxy) is 1. The zero-order chi connectivity index (χ0) is 24.4. The Morgan fingerprint density at radius 2 is 1.88 bits per heavy atom. The van der Waals surface area contributed by atoms with E-state index in [1.165, 1.54) is 17.8 Å². The summed E-state index contributed by atoms with van der Waals surface area (Å²) in [5, 5.41) is 9.07. The molecule has 2 aromatic rings. The van der Waals surface area contributed by atoms with Crippen molar-refractivity contribution in [3.63, 3.8) is 0 Å². The summed E-state index contributed by atoms with van der Waals surface area (Å²) in [6.07, 6.45) is 3.19. The molecule has 0 radical (unpaired) electrons. The van der Waals surface area contributed by atoms with E-state index in [0.29, 0.717) is 30.0 Å². The van der Waals surface area contributed by atoms with Crippen LogP contribution in [-0.2, 0) is 14.6 Å². The van der Waals surface area contributed by atoms with Crippen molar-refractivity contribution in [3.8, 4) is 5.75 Å². The number of carboxylic acids is 1. The van der Waals surface area contributed by atoms with Crippen LogP contribution >= 0.6 is 11.8 Å². The average molecular weight is 496 g/mol. The molecule has 1 aliphatic rings. The summed E-state index contributed by atoms with van der Waals surface area (Å²) < 4.78 is 47.1. The van der Waals surface area contributed by atoms with Gasteiger partial charge in [0.15, 0.2) is 9.84 Å². The van der Waals surface area contributed by atoms with Crippen molar-refractivity contribution < 1.29 is 27.4 Å². The molecule has 0 fully saturated rings. The van der Waals surface area contributed by atoms with Gasteiger partial charge in [-0.15, -0.1) is 11.8 Å². The number of hydrogen-bond donors (Lipinski definition) is 1. The van der Waals surface area contributed by atoms with Gasteiger partial charge in [-0.3, -0.25) is 0 Å². The summed E-state index contributed by atoms with van der Waals surface area (Å²) in [5.41, 5.74) is -1.63. The lowest BCUT2D eigenvalue weighted by Gasteiger charge is -2.35. The molecule has 0 spiro atoms. The van der Waals surface area contributed by atoms with E-state index in [9.17, 15) is 17.6 Å². The number of sulfone groups is 1. The first-order valence-corrected chi connectivity index (χ1v) is 13.7. The molecule has 2 aromatic carbocycles. The molecule has 6 nitrogen and oxygen atoms in total. The van der Waals surface area contributed by atoms with Crippen molar-refractivity contribution in [2.75, 3.05) is 30.1 Å². The van der Waals surface area contributed by atoms with Crippen molar-refractivity contribution in [2.24, 2.45) is 5.41 Å². The molecule has 180 valence electrons. The van der Waals surface area contributed by atoms with Gasteiger partial charge in [0.1, 0.15) is 12.4 Å². The van der Waals surface area contributed by atoms with Gasteiger partial charge in [0.2, 0.25) is 5.67 Å². The Hall–Kier alpha value is -2.26. The van der Waals surface area contributed by atoms with Crippen molar-refractivity contribution in [2.45, 2.75) is 49.1 Å². The molecule has 3 rings (SSSR count). The van der Waals surface area contributed by atoms with E-state index in [1.807, 2.05) is 49.1 Å². The number of anilines is 2. The first kappa shape index (κ1) is 25.4. The fourth-order valence-corrected chi connectivity index (χ4v) is 6.79. The Morgan fingerprint density at radius 1 is 1.24 bits per heavy atom. The van der Waals surface area contributed by atoms with Gasteiger partial charge in [0.25, 0.3) is 0 Å². The summed E-state index contributed by atoms with van der Waals surface area (Å²) in [7, 11) is -3.71. The molecule has 0 aromatic heterocycles. The Kier molecular flexibility index (Phi) is 7.33. The van der Waals surface area contributed by atoms with Crippen LogP contribution in [-0.4, -0.2) is 50.3 Å². The molecular weight excluding hydrogens is 465 g/mol. The predicted octanol–water partition coefficient (Wildman–Crippen LogP) is 5.33. The molecule has 1 aliphatic heterocycles. The molecule has 0 saturated heterocycles. The van der Waals surface area contributed by atoms with E-state index in [-0.39, 0.29) is 16.4 Å². The summed E-state index contributed by atoms with van der Waals surface area (Å²) in [6.45, 7) is 4.74. The van der Waals surface area contributed by atoms with Crippen LogP contribution in [0.1, 0.15) is 33.6 Å². The Morgan fingerprint density at radius 3 is 2.42 bits per heavy atom. The van der Waals surface area contributed by atoms with E-state index < -0.39 is 33.5 Å². The lowest BCUT2D eigenvalue weighted by molar-refractivity contribution is -0.151. The van der Waals surface area contributed by atoms with Crippen molar-refractivity contribution in [3.05, 3.63) is 42.5 Å². The number of benzene rings is 2. The second kappa shape index (κ2) is 9.54. The van der Waals surface area contributed by atoms with Crippen LogP contribution in [0.2, 0.25) is 0 Å². The van der Waals surface area contributed by atoms with Crippen LogP contribution < -0.4 is 9.64 Å². The van der Waals surface area contributed by atoms with Gasteiger partial charge in [-0.2, -0.15) is 0 Å². The standard InChI is InChI=1S/C24H30FNO5S2/c1-5-24(6-2)14-26(17-10-8-7-9-11-17)18-12-20(32-4)19(13-21(18)33(29,30)16-24)31-15-23(3,25)22(27)28/h7-13H,5-6,14-16H2,1-4H3,(H,27,28). The van der Waals surface area contributed by atoms with Gasteiger partial charge < -0.3 is 14.7 Å². The summed E-state index contributed by atoms with van der Waals surface area (Å²) >= 11 is 1.33. The minimum atomic E-state index is -3.71. The van der Waals surface area contributed by atoms with Crippen LogP contribution in [0.15, 0.2) is 52.3 Å². The maximum atomic E-state index is 14.3. The zero-order valence-electron chi connectivity index (χ0n) is 19.3. The molecule has 0 aliphatic carbocycles. The van der Waals surface area contributed by atoms with Gasteiger partial charge in [-0.25, -0.2) is 17.6 Å². The third-order valence-corrected chi connectivity index (χ3v) is 9.12. The third-order valence-electron chi connectivity index (χ3n) is 6.37. The number of para-hydroxylation sites is 1. The van der Waals surface area contributed by atoms with Crippen molar-refractivity contribution in [1.82, 2.24) is 0 Å². The lowest BCUT2D eigenvalue weighted by atomic mass is 9.83. The fraction of sp³-hybridized carbons (Fsp3) is 0.458. The second-order valence-electron chi connectivity index (χ2n) is 8.65. The molecule has 0 bridgehead atoms. The maximum absolute atomic E-state index is 14.3. The van der Waals surface area contributed by atoms with Gasteiger partial charge >= 0.3 is 5.97 Å². The molecule has 1 heterocycles. The molecular formula is C24H30FNO5S2. The molecule has 1 N–H and O–H groups in total. The number of rotatable bonds is 8. The number of fused-ring (bicyclic) bond motifs is 1. The summed E-state index contributed by atoms with van der Waals surface area (Å²) in [6, 6.07) is 12.8. The van der Waals surface area contributed by atoms with E-state index in [0.717, 1.165) is 12.6 Å². The summed E-state index contributed by atoms with van der Waals surface area (Å²) in [5.74, 6) is -1.50. The Bertz CT molecular complexity index is 1120. The summed E-state index contributed by atoms with van der Waals surface area (Å²) in [4.78, 5) is 13.9. The molecule has 9 heteroatoms. The monoisotopic (exact) mass is 495 g/mol. The average Bonchev–Trinajstić information content (AvgIpc) is 2.89. The second-order valence-corrected chi connectivity index (χ2v) is 11.5. The molecule has 0 amide bonds. The van der Waals surface area contributed by atoms with Gasteiger partial charge in [0, 0.05) is 23.7 Å². The van der Waals surface area contributed by atoms with E-state index in [2.05, 4.69) is 0 Å². The SMILES string of the molecule is CCC1(CC)CN(c2ccccc2)c2cc(SC)c(OCC(C)(F)C(=O)O)cc2S(=O)(=O)C1. The maximum Gasteiger partial charge on any atom is 0.344 e. The van der Waals surface area contributed by atoms with Crippen molar-refractivity contribution in [1.29, 1.82) is 0 Å². The van der Waals surface area contributed by atoms with E-state index >= 15 is 0 Å². The van der Waals surface area contributed by atoms with Crippen LogP contribution in [0.25, 0.3) is 0 Å². The van der Waals surface area contributed by atoms with Gasteiger partial charge in [-0.05, 0) is 44.2 Å².